The van der Waals surface area contributed by atoms with Gasteiger partial charge < -0.3 is 19.8 Å². The van der Waals surface area contributed by atoms with Gasteiger partial charge in [0.2, 0.25) is 0 Å². The van der Waals surface area contributed by atoms with Crippen LogP contribution in [0.2, 0.25) is 0 Å². The molecule has 1 aromatic rings. The highest BCUT2D eigenvalue weighted by molar-refractivity contribution is 5.93. The third kappa shape index (κ3) is 4.36. The molecular formula is C18H33N3O3. The van der Waals surface area contributed by atoms with Crippen LogP contribution in [0.25, 0.3) is 0 Å². The first kappa shape index (κ1) is 20.6. The van der Waals surface area contributed by atoms with Crippen molar-refractivity contribution >= 4 is 5.91 Å². The molecular weight excluding hydrogens is 306 g/mol. The maximum atomic E-state index is 12.6. The molecule has 0 radical (unpaired) electrons. The first-order valence-electron chi connectivity index (χ1n) is 8.98. The highest BCUT2D eigenvalue weighted by Gasteiger charge is 2.36. The van der Waals surface area contributed by atoms with Gasteiger partial charge >= 0.3 is 0 Å². The number of aliphatic hydroxyl groups excluding tert-OH is 1. The summed E-state index contributed by atoms with van der Waals surface area (Å²) in [5.74, 6) is 0.0995. The van der Waals surface area contributed by atoms with Crippen LogP contribution in [0.5, 0.6) is 0 Å². The van der Waals surface area contributed by atoms with E-state index in [2.05, 4.69) is 50.0 Å². The summed E-state index contributed by atoms with van der Waals surface area (Å²) in [6, 6.07) is 0.00859. The quantitative estimate of drug-likeness (QED) is 0.685. The molecule has 1 amide bonds. The van der Waals surface area contributed by atoms with E-state index in [1.807, 2.05) is 0 Å². The molecule has 1 rings (SSSR count). The average Bonchev–Trinajstić information content (AvgIpc) is 2.97. The minimum absolute atomic E-state index is 0.00859. The zero-order valence-electron chi connectivity index (χ0n) is 16.0. The molecule has 0 fully saturated rings. The van der Waals surface area contributed by atoms with E-state index in [9.17, 15) is 9.90 Å². The Bertz CT molecular complexity index is 520. The fourth-order valence-corrected chi connectivity index (χ4v) is 3.26. The van der Waals surface area contributed by atoms with Crippen LogP contribution in [0.15, 0.2) is 4.52 Å². The number of amides is 1. The summed E-state index contributed by atoms with van der Waals surface area (Å²) in [6.07, 6.45) is 1.97. The Morgan fingerprint density at radius 1 is 1.29 bits per heavy atom. The lowest BCUT2D eigenvalue weighted by molar-refractivity contribution is 0.0776. The van der Waals surface area contributed by atoms with Crippen molar-refractivity contribution in [3.05, 3.63) is 17.0 Å². The SMILES string of the molecule is CCN(CC)CC(CC)(CC)C(C)NC(=O)c1noc(CO)c1C. The molecule has 0 aliphatic rings. The molecule has 0 aliphatic carbocycles. The van der Waals surface area contributed by atoms with Crippen LogP contribution in [0.1, 0.15) is 69.3 Å². The van der Waals surface area contributed by atoms with E-state index < -0.39 is 0 Å². The van der Waals surface area contributed by atoms with Gasteiger partial charge in [-0.25, -0.2) is 0 Å². The average molecular weight is 339 g/mol. The van der Waals surface area contributed by atoms with E-state index in [-0.39, 0.29) is 29.7 Å². The third-order valence-corrected chi connectivity index (χ3v) is 5.49. The maximum Gasteiger partial charge on any atom is 0.273 e. The van der Waals surface area contributed by atoms with E-state index in [0.717, 1.165) is 32.5 Å². The Morgan fingerprint density at radius 2 is 1.88 bits per heavy atom. The molecule has 0 saturated carbocycles. The van der Waals surface area contributed by atoms with E-state index in [1.54, 1.807) is 6.92 Å². The first-order valence-corrected chi connectivity index (χ1v) is 8.98. The van der Waals surface area contributed by atoms with E-state index >= 15 is 0 Å². The van der Waals surface area contributed by atoms with Gasteiger partial charge in [0, 0.05) is 23.6 Å². The van der Waals surface area contributed by atoms with Crippen molar-refractivity contribution in [2.75, 3.05) is 19.6 Å². The standard InChI is InChI=1S/C18H33N3O3/c1-7-18(8-2,12-21(9-3)10-4)14(6)19-17(23)16-13(5)15(11-22)24-20-16/h14,22H,7-12H2,1-6H3,(H,19,23). The number of carbonyl (C=O) groups excluding carboxylic acids is 1. The molecule has 2 N–H and O–H groups in total. The van der Waals surface area contributed by atoms with Gasteiger partial charge in [0.1, 0.15) is 6.61 Å². The molecule has 0 bridgehead atoms. The van der Waals surface area contributed by atoms with Gasteiger partial charge in [-0.1, -0.05) is 32.9 Å². The summed E-state index contributed by atoms with van der Waals surface area (Å²) in [6.45, 7) is 15.2. The molecule has 0 aromatic carbocycles. The van der Waals surface area contributed by atoms with Crippen molar-refractivity contribution in [3.8, 4) is 0 Å². The lowest BCUT2D eigenvalue weighted by Crippen LogP contribution is -2.51. The zero-order valence-corrected chi connectivity index (χ0v) is 16.0. The van der Waals surface area contributed by atoms with Crippen LogP contribution < -0.4 is 5.32 Å². The van der Waals surface area contributed by atoms with Gasteiger partial charge in [-0.15, -0.1) is 0 Å². The van der Waals surface area contributed by atoms with Crippen LogP contribution in [-0.2, 0) is 6.61 Å². The number of nitrogens with one attached hydrogen (secondary N) is 1. The van der Waals surface area contributed by atoms with E-state index in [4.69, 9.17) is 4.52 Å². The van der Waals surface area contributed by atoms with Crippen LogP contribution >= 0.6 is 0 Å². The zero-order chi connectivity index (χ0) is 18.3. The topological polar surface area (TPSA) is 78.6 Å². The number of aromatic nitrogens is 1. The third-order valence-electron chi connectivity index (χ3n) is 5.49. The van der Waals surface area contributed by atoms with Gasteiger partial charge in [-0.3, -0.25) is 4.79 Å². The van der Waals surface area contributed by atoms with Crippen LogP contribution in [0.4, 0.5) is 0 Å². The van der Waals surface area contributed by atoms with Crippen molar-refractivity contribution in [1.29, 1.82) is 0 Å². The fraction of sp³-hybridized carbons (Fsp3) is 0.778. The monoisotopic (exact) mass is 339 g/mol. The van der Waals surface area contributed by atoms with Crippen LogP contribution in [0, 0.1) is 12.3 Å². The summed E-state index contributed by atoms with van der Waals surface area (Å²) in [5, 5.41) is 16.1. The van der Waals surface area contributed by atoms with E-state index in [0.29, 0.717) is 11.3 Å². The van der Waals surface area contributed by atoms with Crippen molar-refractivity contribution in [3.63, 3.8) is 0 Å². The lowest BCUT2D eigenvalue weighted by Gasteiger charge is -2.41. The fourth-order valence-electron chi connectivity index (χ4n) is 3.26. The Kier molecular flexibility index (Phi) is 7.90. The first-order chi connectivity index (χ1) is 11.4. The minimum Gasteiger partial charge on any atom is -0.388 e. The highest BCUT2D eigenvalue weighted by Crippen LogP contribution is 2.32. The summed E-state index contributed by atoms with van der Waals surface area (Å²) >= 11 is 0. The van der Waals surface area contributed by atoms with Crippen molar-refractivity contribution < 1.29 is 14.4 Å². The molecule has 1 heterocycles. The van der Waals surface area contributed by atoms with Crippen LogP contribution in [0.3, 0.4) is 0 Å². The number of carbonyl (C=O) groups is 1. The summed E-state index contributed by atoms with van der Waals surface area (Å²) in [7, 11) is 0. The predicted molar refractivity (Wildman–Crippen MR) is 94.9 cm³/mol. The number of hydrogen-bond acceptors (Lipinski definition) is 5. The summed E-state index contributed by atoms with van der Waals surface area (Å²) in [4.78, 5) is 15.0. The van der Waals surface area contributed by atoms with Gasteiger partial charge in [0.25, 0.3) is 5.91 Å². The Labute approximate surface area is 145 Å². The van der Waals surface area contributed by atoms with Gasteiger partial charge in [0.05, 0.1) is 0 Å². The van der Waals surface area contributed by atoms with E-state index in [1.165, 1.54) is 0 Å². The second-order valence-corrected chi connectivity index (χ2v) is 6.46. The van der Waals surface area contributed by atoms with Crippen molar-refractivity contribution in [2.45, 2.75) is 67.0 Å². The second kappa shape index (κ2) is 9.18. The molecule has 1 atom stereocenters. The highest BCUT2D eigenvalue weighted by atomic mass is 16.5. The molecule has 6 nitrogen and oxygen atoms in total. The normalized spacial score (nSPS) is 13.3. The Hall–Kier alpha value is -1.40. The molecule has 138 valence electrons. The molecule has 0 saturated heterocycles. The second-order valence-electron chi connectivity index (χ2n) is 6.46. The number of hydrogen-bond donors (Lipinski definition) is 2. The maximum absolute atomic E-state index is 12.6. The van der Waals surface area contributed by atoms with Crippen molar-refractivity contribution in [1.82, 2.24) is 15.4 Å². The predicted octanol–water partition coefficient (Wildman–Crippen LogP) is 2.74. The molecule has 6 heteroatoms. The number of nitrogens with zero attached hydrogens (tertiary/aromatic N) is 2. The lowest BCUT2D eigenvalue weighted by atomic mass is 9.75. The summed E-state index contributed by atoms with van der Waals surface area (Å²) < 4.78 is 5.02. The van der Waals surface area contributed by atoms with Gasteiger partial charge in [-0.05, 0) is 39.8 Å². The smallest absolute Gasteiger partial charge is 0.273 e. The summed E-state index contributed by atoms with van der Waals surface area (Å²) in [5.41, 5.74) is 0.874. The molecule has 24 heavy (non-hydrogen) atoms. The minimum atomic E-state index is -0.252. The Morgan fingerprint density at radius 3 is 2.29 bits per heavy atom. The van der Waals surface area contributed by atoms with Gasteiger partial charge in [0.15, 0.2) is 11.5 Å². The molecule has 1 aromatic heterocycles. The molecule has 0 spiro atoms. The number of aliphatic hydroxyl groups is 1. The van der Waals surface area contributed by atoms with Crippen molar-refractivity contribution in [2.24, 2.45) is 5.41 Å². The molecule has 1 unspecified atom stereocenters. The van der Waals surface area contributed by atoms with Crippen LogP contribution in [-0.4, -0.2) is 46.7 Å². The molecule has 0 aliphatic heterocycles. The Balaban J connectivity index is 2.93. The largest absolute Gasteiger partial charge is 0.388 e. The van der Waals surface area contributed by atoms with Gasteiger partial charge in [-0.2, -0.15) is 0 Å². The number of rotatable bonds is 10.